The molecule has 2 N–H and O–H groups in total. The fourth-order valence-electron chi connectivity index (χ4n) is 2.45. The van der Waals surface area contributed by atoms with Gasteiger partial charge in [-0.05, 0) is 23.3 Å². The highest BCUT2D eigenvalue weighted by Crippen LogP contribution is 2.38. The van der Waals surface area contributed by atoms with E-state index in [1.54, 1.807) is 31.3 Å². The Bertz CT molecular complexity index is 741. The average Bonchev–Trinajstić information content (AvgIpc) is 2.50. The number of para-hydroxylation sites is 1. The normalized spacial score (nSPS) is 20.3. The summed E-state index contributed by atoms with van der Waals surface area (Å²) in [6.45, 7) is 0. The lowest BCUT2D eigenvalue weighted by Gasteiger charge is -2.19. The SMILES string of the molecule is CN1c2ccccc2C(N)c2ccccc2S1(=O)=O. The van der Waals surface area contributed by atoms with Crippen molar-refractivity contribution in [2.75, 3.05) is 11.4 Å². The van der Waals surface area contributed by atoms with Crippen LogP contribution in [0.25, 0.3) is 0 Å². The first-order valence-corrected chi connectivity index (χ1v) is 7.40. The molecular weight excluding hydrogens is 260 g/mol. The van der Waals surface area contributed by atoms with E-state index in [0.717, 1.165) is 5.56 Å². The zero-order chi connectivity index (χ0) is 13.6. The summed E-state index contributed by atoms with van der Waals surface area (Å²) in [4.78, 5) is 0.279. The van der Waals surface area contributed by atoms with E-state index in [0.29, 0.717) is 11.3 Å². The van der Waals surface area contributed by atoms with Crippen molar-refractivity contribution in [2.45, 2.75) is 10.9 Å². The van der Waals surface area contributed by atoms with Gasteiger partial charge < -0.3 is 5.73 Å². The van der Waals surface area contributed by atoms with Crippen LogP contribution in [0, 0.1) is 0 Å². The molecule has 0 saturated heterocycles. The van der Waals surface area contributed by atoms with Crippen LogP contribution < -0.4 is 10.0 Å². The summed E-state index contributed by atoms with van der Waals surface area (Å²) in [5, 5.41) is 0. The molecule has 2 aromatic carbocycles. The van der Waals surface area contributed by atoms with Crippen LogP contribution >= 0.6 is 0 Å². The topological polar surface area (TPSA) is 63.4 Å². The molecule has 1 aliphatic rings. The maximum atomic E-state index is 12.6. The van der Waals surface area contributed by atoms with E-state index in [9.17, 15) is 8.42 Å². The summed E-state index contributed by atoms with van der Waals surface area (Å²) in [5.41, 5.74) is 8.34. The van der Waals surface area contributed by atoms with Gasteiger partial charge in [-0.25, -0.2) is 8.42 Å². The molecule has 0 fully saturated rings. The van der Waals surface area contributed by atoms with Crippen LogP contribution in [-0.4, -0.2) is 15.5 Å². The summed E-state index contributed by atoms with van der Waals surface area (Å²) in [6, 6.07) is 13.8. The molecule has 0 aromatic heterocycles. The number of rotatable bonds is 0. The summed E-state index contributed by atoms with van der Waals surface area (Å²) < 4.78 is 26.5. The summed E-state index contributed by atoms with van der Waals surface area (Å²) in [7, 11) is -1.99. The highest BCUT2D eigenvalue weighted by molar-refractivity contribution is 7.92. The van der Waals surface area contributed by atoms with Gasteiger partial charge >= 0.3 is 0 Å². The highest BCUT2D eigenvalue weighted by atomic mass is 32.2. The van der Waals surface area contributed by atoms with Gasteiger partial charge in [0.2, 0.25) is 0 Å². The van der Waals surface area contributed by atoms with Crippen molar-refractivity contribution in [3.05, 3.63) is 59.7 Å². The molecule has 19 heavy (non-hydrogen) atoms. The number of nitrogens with zero attached hydrogens (tertiary/aromatic N) is 1. The molecule has 0 amide bonds. The molecule has 3 rings (SSSR count). The third-order valence-corrected chi connectivity index (χ3v) is 5.35. The maximum Gasteiger partial charge on any atom is 0.264 e. The van der Waals surface area contributed by atoms with Gasteiger partial charge in [0.05, 0.1) is 16.6 Å². The molecule has 1 atom stereocenters. The van der Waals surface area contributed by atoms with E-state index in [4.69, 9.17) is 5.73 Å². The number of hydrogen-bond acceptors (Lipinski definition) is 3. The van der Waals surface area contributed by atoms with Gasteiger partial charge in [0.15, 0.2) is 0 Å². The van der Waals surface area contributed by atoms with E-state index in [1.807, 2.05) is 24.3 Å². The molecule has 1 unspecified atom stereocenters. The van der Waals surface area contributed by atoms with Crippen LogP contribution in [0.5, 0.6) is 0 Å². The molecule has 1 aliphatic heterocycles. The van der Waals surface area contributed by atoms with E-state index in [-0.39, 0.29) is 4.90 Å². The molecule has 2 aromatic rings. The molecule has 0 radical (unpaired) electrons. The summed E-state index contributed by atoms with van der Waals surface area (Å²) in [6.07, 6.45) is 0. The molecular formula is C14H14N2O2S. The van der Waals surface area contributed by atoms with Crippen molar-refractivity contribution in [1.29, 1.82) is 0 Å². The minimum absolute atomic E-state index is 0.279. The van der Waals surface area contributed by atoms with E-state index in [1.165, 1.54) is 4.31 Å². The fourth-order valence-corrected chi connectivity index (χ4v) is 3.92. The van der Waals surface area contributed by atoms with E-state index >= 15 is 0 Å². The van der Waals surface area contributed by atoms with Gasteiger partial charge in [-0.1, -0.05) is 36.4 Å². The number of sulfonamides is 1. The van der Waals surface area contributed by atoms with Crippen molar-refractivity contribution >= 4 is 15.7 Å². The van der Waals surface area contributed by atoms with Crippen LogP contribution in [-0.2, 0) is 10.0 Å². The molecule has 98 valence electrons. The smallest absolute Gasteiger partial charge is 0.264 e. The predicted molar refractivity (Wildman–Crippen MR) is 74.5 cm³/mol. The first-order chi connectivity index (χ1) is 9.03. The Labute approximate surface area is 112 Å². The van der Waals surface area contributed by atoms with Gasteiger partial charge in [0, 0.05) is 7.05 Å². The molecule has 0 aliphatic carbocycles. The number of hydrogen-bond donors (Lipinski definition) is 1. The first kappa shape index (κ1) is 12.2. The molecule has 5 heteroatoms. The van der Waals surface area contributed by atoms with Gasteiger partial charge in [-0.15, -0.1) is 0 Å². The molecule has 4 nitrogen and oxygen atoms in total. The lowest BCUT2D eigenvalue weighted by molar-refractivity contribution is 0.593. The van der Waals surface area contributed by atoms with Crippen molar-refractivity contribution in [1.82, 2.24) is 0 Å². The second kappa shape index (κ2) is 4.08. The standard InChI is InChI=1S/C14H14N2O2S/c1-16-12-8-4-2-6-10(12)14(15)11-7-3-5-9-13(11)19(16,17)18/h2-9,14H,15H2,1H3. The third-order valence-electron chi connectivity index (χ3n) is 3.50. The summed E-state index contributed by atoms with van der Waals surface area (Å²) in [5.74, 6) is 0. The highest BCUT2D eigenvalue weighted by Gasteiger charge is 2.32. The van der Waals surface area contributed by atoms with Crippen LogP contribution in [0.2, 0.25) is 0 Å². The van der Waals surface area contributed by atoms with Crippen molar-refractivity contribution in [3.63, 3.8) is 0 Å². The minimum Gasteiger partial charge on any atom is -0.320 e. The second-order valence-corrected chi connectivity index (χ2v) is 6.48. The number of benzene rings is 2. The Kier molecular flexibility index (Phi) is 2.62. The molecule has 0 bridgehead atoms. The lowest BCUT2D eigenvalue weighted by Crippen LogP contribution is -2.26. The Hall–Kier alpha value is -1.85. The largest absolute Gasteiger partial charge is 0.320 e. The zero-order valence-electron chi connectivity index (χ0n) is 10.4. The van der Waals surface area contributed by atoms with Gasteiger partial charge in [-0.2, -0.15) is 0 Å². The van der Waals surface area contributed by atoms with Crippen molar-refractivity contribution in [2.24, 2.45) is 5.73 Å². The van der Waals surface area contributed by atoms with Crippen LogP contribution in [0.1, 0.15) is 17.2 Å². The van der Waals surface area contributed by atoms with Gasteiger partial charge in [-0.3, -0.25) is 4.31 Å². The maximum absolute atomic E-state index is 12.6. The third kappa shape index (κ3) is 1.66. The molecule has 0 spiro atoms. The van der Waals surface area contributed by atoms with Crippen LogP contribution in [0.3, 0.4) is 0 Å². The van der Waals surface area contributed by atoms with Crippen molar-refractivity contribution in [3.8, 4) is 0 Å². The minimum atomic E-state index is -3.55. The van der Waals surface area contributed by atoms with Crippen LogP contribution in [0.15, 0.2) is 53.4 Å². The lowest BCUT2D eigenvalue weighted by atomic mass is 9.98. The molecule has 0 saturated carbocycles. The van der Waals surface area contributed by atoms with Crippen molar-refractivity contribution < 1.29 is 8.42 Å². The van der Waals surface area contributed by atoms with Gasteiger partial charge in [0.1, 0.15) is 0 Å². The average molecular weight is 274 g/mol. The Morgan fingerprint density at radius 2 is 1.58 bits per heavy atom. The van der Waals surface area contributed by atoms with Crippen LogP contribution in [0.4, 0.5) is 5.69 Å². The second-order valence-electron chi connectivity index (χ2n) is 4.55. The predicted octanol–water partition coefficient (Wildman–Crippen LogP) is 1.87. The van der Waals surface area contributed by atoms with E-state index in [2.05, 4.69) is 0 Å². The Morgan fingerprint density at radius 3 is 2.32 bits per heavy atom. The monoisotopic (exact) mass is 274 g/mol. The number of fused-ring (bicyclic) bond motifs is 2. The Morgan fingerprint density at radius 1 is 1.00 bits per heavy atom. The van der Waals surface area contributed by atoms with Gasteiger partial charge in [0.25, 0.3) is 10.0 Å². The molecule has 1 heterocycles. The fraction of sp³-hybridized carbons (Fsp3) is 0.143. The zero-order valence-corrected chi connectivity index (χ0v) is 11.3. The summed E-state index contributed by atoms with van der Waals surface area (Å²) >= 11 is 0. The number of anilines is 1. The van der Waals surface area contributed by atoms with E-state index < -0.39 is 16.1 Å². The number of nitrogens with two attached hydrogens (primary N) is 1. The quantitative estimate of drug-likeness (QED) is 0.797. The Balaban J connectivity index is 2.41. The first-order valence-electron chi connectivity index (χ1n) is 5.96.